The van der Waals surface area contributed by atoms with Crippen LogP contribution >= 0.6 is 0 Å². The van der Waals surface area contributed by atoms with Crippen LogP contribution in [-0.4, -0.2) is 60.1 Å². The molecule has 8 nitrogen and oxygen atoms in total. The molecule has 0 spiro atoms. The van der Waals surface area contributed by atoms with Crippen LogP contribution in [-0.2, 0) is 0 Å². The number of hydrogen-bond donors (Lipinski definition) is 4. The van der Waals surface area contributed by atoms with Crippen molar-refractivity contribution < 1.29 is 5.11 Å². The first-order valence-corrected chi connectivity index (χ1v) is 11.6. The molecule has 0 unspecified atom stereocenters. The Labute approximate surface area is 185 Å². The van der Waals surface area contributed by atoms with E-state index < -0.39 is 0 Å². The molecule has 0 amide bonds. The van der Waals surface area contributed by atoms with Crippen LogP contribution in [0.4, 0.5) is 23.5 Å². The van der Waals surface area contributed by atoms with Gasteiger partial charge in [0, 0.05) is 24.8 Å². The minimum absolute atomic E-state index is 0.281. The average molecular weight is 423 g/mol. The highest BCUT2D eigenvalue weighted by molar-refractivity contribution is 6.34. The van der Waals surface area contributed by atoms with E-state index in [-0.39, 0.29) is 5.75 Å². The lowest BCUT2D eigenvalue weighted by Crippen LogP contribution is -2.42. The van der Waals surface area contributed by atoms with Crippen molar-refractivity contribution in [2.45, 2.75) is 63.5 Å². The van der Waals surface area contributed by atoms with Gasteiger partial charge in [-0.3, -0.25) is 0 Å². The summed E-state index contributed by atoms with van der Waals surface area (Å²) in [5.41, 5.74) is 1.65. The number of anilines is 4. The normalized spacial score (nSPS) is 18.4. The Balaban J connectivity index is 1.59. The summed E-state index contributed by atoms with van der Waals surface area (Å²) in [4.78, 5) is 16.4. The summed E-state index contributed by atoms with van der Waals surface area (Å²) in [5.74, 6) is 2.13. The van der Waals surface area contributed by atoms with Gasteiger partial charge in [0.1, 0.15) is 13.6 Å². The maximum absolute atomic E-state index is 9.83. The number of phenolic OH excluding ortho intramolecular Hbond substituents is 1. The molecular formula is C22H34BN7O. The lowest BCUT2D eigenvalue weighted by Gasteiger charge is -2.32. The summed E-state index contributed by atoms with van der Waals surface area (Å²) in [6.07, 6.45) is 9.60. The molecule has 2 aliphatic rings. The Morgan fingerprint density at radius 3 is 2.42 bits per heavy atom. The molecule has 1 saturated carbocycles. The average Bonchev–Trinajstić information content (AvgIpc) is 3.05. The van der Waals surface area contributed by atoms with E-state index >= 15 is 0 Å². The van der Waals surface area contributed by atoms with Crippen LogP contribution in [0.15, 0.2) is 18.2 Å². The Morgan fingerprint density at radius 1 is 1.00 bits per heavy atom. The van der Waals surface area contributed by atoms with E-state index in [0.717, 1.165) is 49.9 Å². The number of piperidine rings is 1. The molecule has 2 aromatic rings. The predicted molar refractivity (Wildman–Crippen MR) is 129 cm³/mol. The van der Waals surface area contributed by atoms with Gasteiger partial charge >= 0.3 is 0 Å². The predicted octanol–water partition coefficient (Wildman–Crippen LogP) is 1.90. The lowest BCUT2D eigenvalue weighted by atomic mass is 9.94. The van der Waals surface area contributed by atoms with Crippen LogP contribution in [0, 0.1) is 0 Å². The molecular weight excluding hydrogens is 389 g/mol. The van der Waals surface area contributed by atoms with Gasteiger partial charge in [-0.25, -0.2) is 0 Å². The van der Waals surface area contributed by atoms with Crippen molar-refractivity contribution in [3.63, 3.8) is 0 Å². The number of nitrogens with zero attached hydrogens (tertiary/aromatic N) is 4. The van der Waals surface area contributed by atoms with Gasteiger partial charge in [0.2, 0.25) is 17.8 Å². The van der Waals surface area contributed by atoms with E-state index in [0.29, 0.717) is 29.9 Å². The van der Waals surface area contributed by atoms with Crippen LogP contribution in [0.5, 0.6) is 5.75 Å². The second kappa shape index (κ2) is 10.2. The van der Waals surface area contributed by atoms with Crippen molar-refractivity contribution in [2.24, 2.45) is 0 Å². The maximum atomic E-state index is 9.83. The van der Waals surface area contributed by atoms with Crippen LogP contribution in [0.25, 0.3) is 0 Å². The standard InChI is InChI=1S/C22H34BN7O/c1-30(17-10-12-24-13-11-17)22-28-20(25-15-6-4-2-3-5-7-15)27-21(29-22)26-16-8-9-19(31)18(23)14-16/h8-9,14-15,17,24,31H,2-7,10-13,23H2,1H3,(H2,25,26,27,28,29). The summed E-state index contributed by atoms with van der Waals surface area (Å²) in [7, 11) is 3.96. The van der Waals surface area contributed by atoms with Crippen molar-refractivity contribution in [3.8, 4) is 5.75 Å². The van der Waals surface area contributed by atoms with Crippen LogP contribution in [0.3, 0.4) is 0 Å². The molecule has 1 aliphatic carbocycles. The van der Waals surface area contributed by atoms with Crippen LogP contribution in [0.2, 0.25) is 0 Å². The summed E-state index contributed by atoms with van der Waals surface area (Å²) in [6.45, 7) is 2.04. The van der Waals surface area contributed by atoms with Crippen LogP contribution < -0.4 is 26.3 Å². The second-order valence-corrected chi connectivity index (χ2v) is 8.83. The Bertz CT molecular complexity index is 867. The molecule has 1 aliphatic heterocycles. The Kier molecular flexibility index (Phi) is 7.12. The zero-order chi connectivity index (χ0) is 21.6. The molecule has 2 heterocycles. The highest BCUT2D eigenvalue weighted by Gasteiger charge is 2.22. The molecule has 166 valence electrons. The summed E-state index contributed by atoms with van der Waals surface area (Å²) in [5, 5.41) is 20.1. The Morgan fingerprint density at radius 2 is 1.71 bits per heavy atom. The molecule has 0 radical (unpaired) electrons. The van der Waals surface area contributed by atoms with E-state index in [4.69, 9.17) is 9.97 Å². The Hall–Kier alpha value is -2.55. The number of aromatic nitrogens is 3. The van der Waals surface area contributed by atoms with Gasteiger partial charge < -0.3 is 26.0 Å². The summed E-state index contributed by atoms with van der Waals surface area (Å²) >= 11 is 0. The van der Waals surface area contributed by atoms with Gasteiger partial charge in [0.15, 0.2) is 0 Å². The molecule has 4 N–H and O–H groups in total. The van der Waals surface area contributed by atoms with Crippen molar-refractivity contribution in [1.82, 2.24) is 20.3 Å². The molecule has 1 aromatic carbocycles. The smallest absolute Gasteiger partial charge is 0.233 e. The van der Waals surface area contributed by atoms with Gasteiger partial charge in [-0.05, 0) is 62.4 Å². The van der Waals surface area contributed by atoms with E-state index in [2.05, 4.69) is 32.9 Å². The quantitative estimate of drug-likeness (QED) is 0.318. The number of benzene rings is 1. The molecule has 9 heteroatoms. The van der Waals surface area contributed by atoms with E-state index in [1.807, 2.05) is 20.0 Å². The highest BCUT2D eigenvalue weighted by Crippen LogP contribution is 2.24. The third-order valence-corrected chi connectivity index (χ3v) is 6.44. The van der Waals surface area contributed by atoms with Gasteiger partial charge in [-0.2, -0.15) is 15.0 Å². The van der Waals surface area contributed by atoms with Crippen molar-refractivity contribution in [2.75, 3.05) is 35.7 Å². The van der Waals surface area contributed by atoms with Crippen molar-refractivity contribution in [1.29, 1.82) is 0 Å². The largest absolute Gasteiger partial charge is 0.509 e. The number of hydrogen-bond acceptors (Lipinski definition) is 8. The minimum atomic E-state index is 0.281. The second-order valence-electron chi connectivity index (χ2n) is 8.83. The molecule has 0 atom stereocenters. The number of nitrogens with one attached hydrogen (secondary N) is 3. The van der Waals surface area contributed by atoms with Gasteiger partial charge in [0.05, 0.1) is 0 Å². The molecule has 1 aromatic heterocycles. The van der Waals surface area contributed by atoms with E-state index in [1.165, 1.54) is 25.7 Å². The molecule has 0 bridgehead atoms. The fourth-order valence-corrected chi connectivity index (χ4v) is 4.47. The van der Waals surface area contributed by atoms with Crippen molar-refractivity contribution in [3.05, 3.63) is 18.2 Å². The van der Waals surface area contributed by atoms with Crippen LogP contribution in [0.1, 0.15) is 51.4 Å². The van der Waals surface area contributed by atoms with Gasteiger partial charge in [-0.1, -0.05) is 25.7 Å². The number of aromatic hydroxyl groups is 1. The van der Waals surface area contributed by atoms with E-state index in [9.17, 15) is 5.11 Å². The van der Waals surface area contributed by atoms with Crippen molar-refractivity contribution >= 4 is 36.8 Å². The minimum Gasteiger partial charge on any atom is -0.509 e. The fraction of sp³-hybridized carbons (Fsp3) is 0.591. The third-order valence-electron chi connectivity index (χ3n) is 6.44. The fourth-order valence-electron chi connectivity index (χ4n) is 4.47. The molecule has 1 saturated heterocycles. The van der Waals surface area contributed by atoms with Gasteiger partial charge in [-0.15, -0.1) is 0 Å². The maximum Gasteiger partial charge on any atom is 0.233 e. The summed E-state index contributed by atoms with van der Waals surface area (Å²) in [6, 6.07) is 6.24. The lowest BCUT2D eigenvalue weighted by molar-refractivity contribution is 0.439. The highest BCUT2D eigenvalue weighted by atomic mass is 16.3. The zero-order valence-electron chi connectivity index (χ0n) is 18.7. The summed E-state index contributed by atoms with van der Waals surface area (Å²) < 4.78 is 0. The molecule has 4 rings (SSSR count). The molecule has 31 heavy (non-hydrogen) atoms. The monoisotopic (exact) mass is 423 g/mol. The number of rotatable bonds is 6. The topological polar surface area (TPSA) is 98.2 Å². The van der Waals surface area contributed by atoms with Gasteiger partial charge in [0.25, 0.3) is 0 Å². The first-order valence-electron chi connectivity index (χ1n) is 11.6. The molecule has 2 fully saturated rings. The third kappa shape index (κ3) is 5.78. The number of phenols is 1. The SMILES string of the molecule is Bc1cc(Nc2nc(NC3CCCCCC3)nc(N(C)C3CCNCC3)n2)ccc1O. The first kappa shape index (κ1) is 21.7. The van der Waals surface area contributed by atoms with E-state index in [1.54, 1.807) is 6.07 Å². The first-order chi connectivity index (χ1) is 15.1. The zero-order valence-corrected chi connectivity index (χ0v) is 18.7.